The molecule has 0 aliphatic carbocycles. The highest BCUT2D eigenvalue weighted by molar-refractivity contribution is 5.90. The summed E-state index contributed by atoms with van der Waals surface area (Å²) in [5.41, 5.74) is 6.52. The van der Waals surface area contributed by atoms with Crippen molar-refractivity contribution in [2.75, 3.05) is 23.5 Å². The molecule has 3 aromatic rings. The molecule has 0 radical (unpaired) electrons. The number of nitrogens with one attached hydrogen (secondary N) is 2. The average molecular weight is 403 g/mol. The smallest absolute Gasteiger partial charge is 0.416 e. The van der Waals surface area contributed by atoms with Gasteiger partial charge < -0.3 is 21.1 Å². The molecule has 1 aromatic heterocycles. The SMILES string of the molecule is COC(=O)c1ccc(Nc2ncnc(Nc3cccc(C(F)(F)F)c3)c2N)cc1. The highest BCUT2D eigenvalue weighted by Gasteiger charge is 2.30. The molecule has 0 bridgehead atoms. The Bertz CT molecular complexity index is 1020. The van der Waals surface area contributed by atoms with E-state index in [4.69, 9.17) is 5.73 Å². The van der Waals surface area contributed by atoms with Gasteiger partial charge in [-0.25, -0.2) is 14.8 Å². The van der Waals surface area contributed by atoms with Crippen LogP contribution in [0.1, 0.15) is 15.9 Å². The molecule has 0 spiro atoms. The fourth-order valence-corrected chi connectivity index (χ4v) is 2.45. The fourth-order valence-electron chi connectivity index (χ4n) is 2.45. The monoisotopic (exact) mass is 403 g/mol. The number of hydrogen-bond donors (Lipinski definition) is 3. The second-order valence-electron chi connectivity index (χ2n) is 5.88. The van der Waals surface area contributed by atoms with E-state index in [0.717, 1.165) is 12.1 Å². The van der Waals surface area contributed by atoms with Gasteiger partial charge in [-0.05, 0) is 42.5 Å². The highest BCUT2D eigenvalue weighted by atomic mass is 19.4. The number of halogens is 3. The van der Waals surface area contributed by atoms with Gasteiger partial charge in [-0.1, -0.05) is 6.07 Å². The maximum absolute atomic E-state index is 12.9. The van der Waals surface area contributed by atoms with Crippen LogP contribution in [-0.2, 0) is 10.9 Å². The van der Waals surface area contributed by atoms with E-state index < -0.39 is 17.7 Å². The third-order valence-electron chi connectivity index (χ3n) is 3.91. The lowest BCUT2D eigenvalue weighted by molar-refractivity contribution is -0.137. The van der Waals surface area contributed by atoms with Crippen LogP contribution in [0.25, 0.3) is 0 Å². The Hall–Kier alpha value is -3.82. The number of esters is 1. The van der Waals surface area contributed by atoms with Crippen molar-refractivity contribution in [3.8, 4) is 0 Å². The lowest BCUT2D eigenvalue weighted by Gasteiger charge is -2.14. The number of nitrogen functional groups attached to an aromatic ring is 1. The number of nitrogens with zero attached hydrogens (tertiary/aromatic N) is 2. The van der Waals surface area contributed by atoms with Gasteiger partial charge in [-0.3, -0.25) is 0 Å². The molecule has 0 saturated heterocycles. The summed E-state index contributed by atoms with van der Waals surface area (Å²) in [6, 6.07) is 11.1. The third-order valence-corrected chi connectivity index (χ3v) is 3.91. The predicted octanol–water partition coefficient (Wildman–Crippen LogP) is 4.35. The molecule has 3 rings (SSSR count). The van der Waals surface area contributed by atoms with Crippen LogP contribution < -0.4 is 16.4 Å². The van der Waals surface area contributed by atoms with Crippen molar-refractivity contribution >= 4 is 34.7 Å². The first kappa shape index (κ1) is 19.9. The van der Waals surface area contributed by atoms with Crippen molar-refractivity contribution in [1.29, 1.82) is 0 Å². The number of alkyl halides is 3. The fraction of sp³-hybridized carbons (Fsp3) is 0.105. The lowest BCUT2D eigenvalue weighted by atomic mass is 10.2. The number of anilines is 5. The predicted molar refractivity (Wildman–Crippen MR) is 102 cm³/mol. The normalized spacial score (nSPS) is 11.0. The van der Waals surface area contributed by atoms with Gasteiger partial charge in [0.05, 0.1) is 18.2 Å². The summed E-state index contributed by atoms with van der Waals surface area (Å²) in [5, 5.41) is 5.74. The van der Waals surface area contributed by atoms with Gasteiger partial charge in [0.1, 0.15) is 12.0 Å². The highest BCUT2D eigenvalue weighted by Crippen LogP contribution is 2.33. The Labute approximate surface area is 163 Å². The van der Waals surface area contributed by atoms with Gasteiger partial charge in [0, 0.05) is 11.4 Å². The first-order valence-electron chi connectivity index (χ1n) is 8.28. The average Bonchev–Trinajstić information content (AvgIpc) is 2.70. The van der Waals surface area contributed by atoms with Gasteiger partial charge in [0.15, 0.2) is 11.6 Å². The molecular formula is C19H16F3N5O2. The van der Waals surface area contributed by atoms with E-state index in [1.165, 1.54) is 25.6 Å². The number of carbonyl (C=O) groups is 1. The molecule has 10 heteroatoms. The number of benzene rings is 2. The van der Waals surface area contributed by atoms with Crippen LogP contribution in [-0.4, -0.2) is 23.0 Å². The lowest BCUT2D eigenvalue weighted by Crippen LogP contribution is -2.07. The minimum atomic E-state index is -4.46. The minimum Gasteiger partial charge on any atom is -0.465 e. The zero-order chi connectivity index (χ0) is 21.0. The second-order valence-corrected chi connectivity index (χ2v) is 5.88. The van der Waals surface area contributed by atoms with E-state index in [2.05, 4.69) is 25.3 Å². The van der Waals surface area contributed by atoms with Gasteiger partial charge in [-0.2, -0.15) is 13.2 Å². The van der Waals surface area contributed by atoms with E-state index >= 15 is 0 Å². The van der Waals surface area contributed by atoms with Crippen LogP contribution >= 0.6 is 0 Å². The van der Waals surface area contributed by atoms with Crippen molar-refractivity contribution in [1.82, 2.24) is 9.97 Å². The van der Waals surface area contributed by atoms with E-state index in [1.54, 1.807) is 24.3 Å². The number of nitrogens with two attached hydrogens (primary N) is 1. The zero-order valence-corrected chi connectivity index (χ0v) is 15.1. The Morgan fingerprint density at radius 3 is 2.21 bits per heavy atom. The molecule has 1 heterocycles. The van der Waals surface area contributed by atoms with E-state index in [9.17, 15) is 18.0 Å². The molecule has 4 N–H and O–H groups in total. The van der Waals surface area contributed by atoms with Gasteiger partial charge >= 0.3 is 12.1 Å². The number of carbonyl (C=O) groups excluding carboxylic acids is 1. The Morgan fingerprint density at radius 2 is 1.62 bits per heavy atom. The van der Waals surface area contributed by atoms with Crippen LogP contribution in [0.4, 0.5) is 41.9 Å². The first-order valence-corrected chi connectivity index (χ1v) is 8.28. The number of aromatic nitrogens is 2. The Balaban J connectivity index is 1.80. The molecule has 0 aliphatic heterocycles. The van der Waals surface area contributed by atoms with Gasteiger partial charge in [0.25, 0.3) is 0 Å². The second kappa shape index (κ2) is 8.05. The first-order chi connectivity index (χ1) is 13.8. The third kappa shape index (κ3) is 4.72. The van der Waals surface area contributed by atoms with Crippen molar-refractivity contribution in [3.63, 3.8) is 0 Å². The molecule has 0 atom stereocenters. The summed E-state index contributed by atoms with van der Waals surface area (Å²) in [6.07, 6.45) is -3.24. The Kier molecular flexibility index (Phi) is 5.53. The van der Waals surface area contributed by atoms with Crippen molar-refractivity contribution < 1.29 is 22.7 Å². The summed E-state index contributed by atoms with van der Waals surface area (Å²) in [5.74, 6) is -0.0704. The van der Waals surface area contributed by atoms with Gasteiger partial charge in [0.2, 0.25) is 0 Å². The number of hydrogen-bond acceptors (Lipinski definition) is 7. The molecule has 0 aliphatic rings. The quantitative estimate of drug-likeness (QED) is 0.544. The number of ether oxygens (including phenoxy) is 1. The zero-order valence-electron chi connectivity index (χ0n) is 15.1. The van der Waals surface area contributed by atoms with Crippen LogP contribution in [0.5, 0.6) is 0 Å². The minimum absolute atomic E-state index is 0.113. The molecule has 0 unspecified atom stereocenters. The molecule has 0 fully saturated rings. The van der Waals surface area contributed by atoms with Crippen molar-refractivity contribution in [3.05, 3.63) is 66.0 Å². The van der Waals surface area contributed by atoms with E-state index in [1.807, 2.05) is 0 Å². The number of rotatable bonds is 5. The largest absolute Gasteiger partial charge is 0.465 e. The summed E-state index contributed by atoms with van der Waals surface area (Å²) in [6.45, 7) is 0. The summed E-state index contributed by atoms with van der Waals surface area (Å²) in [7, 11) is 1.29. The van der Waals surface area contributed by atoms with Crippen molar-refractivity contribution in [2.45, 2.75) is 6.18 Å². The van der Waals surface area contributed by atoms with Crippen molar-refractivity contribution in [2.24, 2.45) is 0 Å². The van der Waals surface area contributed by atoms with E-state index in [0.29, 0.717) is 11.3 Å². The Morgan fingerprint density at radius 1 is 1.00 bits per heavy atom. The summed E-state index contributed by atoms with van der Waals surface area (Å²) >= 11 is 0. The molecule has 0 amide bonds. The number of methoxy groups -OCH3 is 1. The molecule has 7 nitrogen and oxygen atoms in total. The molecule has 150 valence electrons. The molecule has 29 heavy (non-hydrogen) atoms. The van der Waals surface area contributed by atoms with Crippen LogP contribution in [0.2, 0.25) is 0 Å². The molecule has 0 saturated carbocycles. The maximum atomic E-state index is 12.9. The van der Waals surface area contributed by atoms with Crippen LogP contribution in [0, 0.1) is 0 Å². The molecular weight excluding hydrogens is 387 g/mol. The molecule has 2 aromatic carbocycles. The van der Waals surface area contributed by atoms with Gasteiger partial charge in [-0.15, -0.1) is 0 Å². The van der Waals surface area contributed by atoms with Crippen LogP contribution in [0.3, 0.4) is 0 Å². The topological polar surface area (TPSA) is 102 Å². The summed E-state index contributed by atoms with van der Waals surface area (Å²) in [4.78, 5) is 19.5. The maximum Gasteiger partial charge on any atom is 0.416 e. The summed E-state index contributed by atoms with van der Waals surface area (Å²) < 4.78 is 43.3. The van der Waals surface area contributed by atoms with Crippen LogP contribution in [0.15, 0.2) is 54.9 Å². The van der Waals surface area contributed by atoms with E-state index in [-0.39, 0.29) is 23.0 Å². The standard InChI is InChI=1S/C19H16F3N5O2/c1-29-18(28)11-5-7-13(8-6-11)26-16-15(23)17(25-10-24-16)27-14-4-2-3-12(9-14)19(20,21)22/h2-10H,23H2,1H3,(H2,24,25,26,27).